The number of benzene rings is 1. The van der Waals surface area contributed by atoms with Gasteiger partial charge in [0.1, 0.15) is 23.9 Å². The van der Waals surface area contributed by atoms with Crippen LogP contribution in [-0.4, -0.2) is 75.9 Å². The quantitative estimate of drug-likeness (QED) is 0.129. The molecule has 13 heteroatoms. The van der Waals surface area contributed by atoms with Gasteiger partial charge in [0.05, 0.1) is 11.0 Å². The van der Waals surface area contributed by atoms with Crippen LogP contribution in [0.5, 0.6) is 11.5 Å². The van der Waals surface area contributed by atoms with Gasteiger partial charge >= 0.3 is 17.9 Å². The van der Waals surface area contributed by atoms with E-state index < -0.39 is 51.9 Å². The fourth-order valence-electron chi connectivity index (χ4n) is 3.76. The number of ether oxygens (including phenoxy) is 3. The Bertz CT molecular complexity index is 1150. The van der Waals surface area contributed by atoms with Crippen LogP contribution in [-0.2, 0) is 14.3 Å². The number of phenols is 1. The highest BCUT2D eigenvalue weighted by Crippen LogP contribution is 2.38. The Morgan fingerprint density at radius 1 is 1.29 bits per heavy atom. The molecule has 1 heterocycles. The van der Waals surface area contributed by atoms with Crippen molar-refractivity contribution in [1.29, 1.82) is 5.26 Å². The Morgan fingerprint density at radius 2 is 1.95 bits per heavy atom. The number of hydrogen-bond acceptors (Lipinski definition) is 10. The van der Waals surface area contributed by atoms with Gasteiger partial charge in [0.15, 0.2) is 5.75 Å². The standard InChI is InChI=1S/C25H32N4O9/c1-6-27(7-2)22(31)17(14-26)11-16-12-19(29(34)35)21(30)20(13-16)37-24(33)36-15-18-9-8-10-28(18)23(32)38-25(3,4)5/h11-13,18,30H,6-10,15H2,1-5H3/b17-11+. The molecule has 1 atom stereocenters. The van der Waals surface area contributed by atoms with E-state index in [1.165, 1.54) is 9.80 Å². The molecule has 0 saturated carbocycles. The number of aromatic hydroxyl groups is 1. The second kappa shape index (κ2) is 12.8. The molecule has 1 saturated heterocycles. The lowest BCUT2D eigenvalue weighted by Gasteiger charge is -2.28. The van der Waals surface area contributed by atoms with Gasteiger partial charge in [-0.05, 0) is 65.2 Å². The summed E-state index contributed by atoms with van der Waals surface area (Å²) in [4.78, 5) is 50.8. The van der Waals surface area contributed by atoms with E-state index >= 15 is 0 Å². The molecule has 0 aliphatic carbocycles. The van der Waals surface area contributed by atoms with Gasteiger partial charge in [0.2, 0.25) is 5.75 Å². The van der Waals surface area contributed by atoms with Crippen LogP contribution < -0.4 is 4.74 Å². The predicted molar refractivity (Wildman–Crippen MR) is 134 cm³/mol. The molecule has 0 aromatic heterocycles. The second-order valence-corrected chi connectivity index (χ2v) is 9.42. The van der Waals surface area contributed by atoms with Crippen molar-refractivity contribution in [2.75, 3.05) is 26.2 Å². The summed E-state index contributed by atoms with van der Waals surface area (Å²) < 4.78 is 15.5. The zero-order valence-electron chi connectivity index (χ0n) is 22.1. The second-order valence-electron chi connectivity index (χ2n) is 9.42. The highest BCUT2D eigenvalue weighted by molar-refractivity contribution is 6.01. The number of nitro benzene ring substituents is 1. The molecule has 1 aliphatic rings. The molecule has 1 aromatic carbocycles. The minimum Gasteiger partial charge on any atom is -0.499 e. The summed E-state index contributed by atoms with van der Waals surface area (Å²) in [5, 5.41) is 31.2. The maximum Gasteiger partial charge on any atom is 0.514 e. The number of nitro groups is 1. The van der Waals surface area contributed by atoms with Crippen molar-refractivity contribution in [2.45, 2.75) is 59.1 Å². The molecule has 2 rings (SSSR count). The fourth-order valence-corrected chi connectivity index (χ4v) is 3.76. The molecule has 1 N–H and O–H groups in total. The number of hydrogen-bond donors (Lipinski definition) is 1. The first-order valence-corrected chi connectivity index (χ1v) is 12.1. The summed E-state index contributed by atoms with van der Waals surface area (Å²) in [6.07, 6.45) is 0.518. The first-order valence-electron chi connectivity index (χ1n) is 12.1. The van der Waals surface area contributed by atoms with Crippen LogP contribution in [0, 0.1) is 21.4 Å². The van der Waals surface area contributed by atoms with Crippen molar-refractivity contribution in [3.63, 3.8) is 0 Å². The molecule has 2 amide bonds. The molecule has 13 nitrogen and oxygen atoms in total. The third kappa shape index (κ3) is 7.83. The minimum absolute atomic E-state index is 0.0266. The highest BCUT2D eigenvalue weighted by atomic mass is 16.7. The summed E-state index contributed by atoms with van der Waals surface area (Å²) in [5.41, 5.74) is -1.83. The van der Waals surface area contributed by atoms with Gasteiger partial charge in [-0.3, -0.25) is 14.9 Å². The molecular weight excluding hydrogens is 500 g/mol. The number of likely N-dealkylation sites (N-methyl/N-ethyl adjacent to an activating group) is 1. The van der Waals surface area contributed by atoms with Crippen LogP contribution >= 0.6 is 0 Å². The minimum atomic E-state index is -1.27. The highest BCUT2D eigenvalue weighted by Gasteiger charge is 2.33. The zero-order valence-corrected chi connectivity index (χ0v) is 22.1. The molecule has 0 radical (unpaired) electrons. The molecular formula is C25H32N4O9. The normalized spacial score (nSPS) is 15.4. The van der Waals surface area contributed by atoms with Gasteiger partial charge < -0.3 is 29.1 Å². The van der Waals surface area contributed by atoms with Gasteiger partial charge in [-0.1, -0.05) is 0 Å². The van der Waals surface area contributed by atoms with Crippen LogP contribution in [0.2, 0.25) is 0 Å². The molecule has 38 heavy (non-hydrogen) atoms. The number of rotatable bonds is 8. The van der Waals surface area contributed by atoms with Gasteiger partial charge in [-0.15, -0.1) is 0 Å². The SMILES string of the molecule is CCN(CC)C(=O)/C(C#N)=C/c1cc(OC(=O)OCC2CCCN2C(=O)OC(C)(C)C)c(O)c([N+](=O)[O-])c1. The van der Waals surface area contributed by atoms with Crippen molar-refractivity contribution in [3.05, 3.63) is 33.4 Å². The molecule has 0 spiro atoms. The molecule has 1 aromatic rings. The van der Waals surface area contributed by atoms with Crippen molar-refractivity contribution < 1.29 is 38.6 Å². The Balaban J connectivity index is 2.22. The summed E-state index contributed by atoms with van der Waals surface area (Å²) in [6, 6.07) is 3.32. The first-order chi connectivity index (χ1) is 17.8. The van der Waals surface area contributed by atoms with Crippen LogP contribution in [0.3, 0.4) is 0 Å². The van der Waals surface area contributed by atoms with E-state index in [1.807, 2.05) is 0 Å². The van der Waals surface area contributed by atoms with E-state index in [2.05, 4.69) is 0 Å². The van der Waals surface area contributed by atoms with Crippen molar-refractivity contribution in [2.24, 2.45) is 0 Å². The molecule has 1 aliphatic heterocycles. The number of amides is 2. The summed E-state index contributed by atoms with van der Waals surface area (Å²) >= 11 is 0. The van der Waals surface area contributed by atoms with Crippen LogP contribution in [0.25, 0.3) is 6.08 Å². The Hall–Kier alpha value is -4.34. The van der Waals surface area contributed by atoms with Crippen LogP contribution in [0.1, 0.15) is 53.0 Å². The fraction of sp³-hybridized carbons (Fsp3) is 0.520. The third-order valence-corrected chi connectivity index (χ3v) is 5.58. The predicted octanol–water partition coefficient (Wildman–Crippen LogP) is 3.99. The zero-order chi connectivity index (χ0) is 28.6. The Labute approximate surface area is 220 Å². The largest absolute Gasteiger partial charge is 0.514 e. The average Bonchev–Trinajstić information content (AvgIpc) is 3.31. The maximum atomic E-state index is 12.6. The van der Waals surface area contributed by atoms with E-state index in [4.69, 9.17) is 14.2 Å². The summed E-state index contributed by atoms with van der Waals surface area (Å²) in [5.74, 6) is -2.12. The van der Waals surface area contributed by atoms with E-state index in [0.29, 0.717) is 32.5 Å². The van der Waals surface area contributed by atoms with Crippen molar-refractivity contribution >= 4 is 29.9 Å². The molecule has 1 unspecified atom stereocenters. The number of nitrogens with zero attached hydrogens (tertiary/aromatic N) is 4. The van der Waals surface area contributed by atoms with Gasteiger partial charge in [-0.2, -0.15) is 5.26 Å². The van der Waals surface area contributed by atoms with Crippen molar-refractivity contribution in [1.82, 2.24) is 9.80 Å². The summed E-state index contributed by atoms with van der Waals surface area (Å²) in [7, 11) is 0. The lowest BCUT2D eigenvalue weighted by Crippen LogP contribution is -2.42. The Kier molecular flexibility index (Phi) is 10.0. The van der Waals surface area contributed by atoms with Gasteiger partial charge in [-0.25, -0.2) is 9.59 Å². The van der Waals surface area contributed by atoms with Crippen LogP contribution in [0.4, 0.5) is 15.3 Å². The van der Waals surface area contributed by atoms with Gasteiger partial charge in [0, 0.05) is 25.7 Å². The monoisotopic (exact) mass is 532 g/mol. The lowest BCUT2D eigenvalue weighted by atomic mass is 10.1. The van der Waals surface area contributed by atoms with E-state index in [0.717, 1.165) is 18.2 Å². The number of phenolic OH excluding ortho intramolecular Hbond substituents is 1. The number of nitriles is 1. The van der Waals surface area contributed by atoms with E-state index in [1.54, 1.807) is 40.7 Å². The van der Waals surface area contributed by atoms with Crippen molar-refractivity contribution in [3.8, 4) is 17.6 Å². The number of carbonyl (C=O) groups is 3. The molecule has 1 fully saturated rings. The Morgan fingerprint density at radius 3 is 2.50 bits per heavy atom. The first kappa shape index (κ1) is 29.9. The average molecular weight is 533 g/mol. The van der Waals surface area contributed by atoms with E-state index in [9.17, 15) is 34.9 Å². The maximum absolute atomic E-state index is 12.6. The third-order valence-electron chi connectivity index (χ3n) is 5.58. The van der Waals surface area contributed by atoms with Crippen LogP contribution in [0.15, 0.2) is 17.7 Å². The molecule has 0 bridgehead atoms. The molecule has 206 valence electrons. The van der Waals surface area contributed by atoms with E-state index in [-0.39, 0.29) is 17.7 Å². The lowest BCUT2D eigenvalue weighted by molar-refractivity contribution is -0.385. The smallest absolute Gasteiger partial charge is 0.499 e. The number of carbonyl (C=O) groups excluding carboxylic acids is 3. The van der Waals surface area contributed by atoms with Gasteiger partial charge in [0.25, 0.3) is 5.91 Å². The number of likely N-dealkylation sites (tertiary alicyclic amines) is 1. The summed E-state index contributed by atoms with van der Waals surface area (Å²) in [6.45, 7) is 9.56. The topological polar surface area (TPSA) is 173 Å².